The molecule has 0 bridgehead atoms. The first-order valence-corrected chi connectivity index (χ1v) is 4.78. The molecule has 62 valence electrons. The third kappa shape index (κ3) is 1.58. The second-order valence-electron chi connectivity index (χ2n) is 2.00. The van der Waals surface area contributed by atoms with Gasteiger partial charge < -0.3 is 0 Å². The largest absolute Gasteiger partial charge is 0.470 e. The zero-order valence-corrected chi connectivity index (χ0v) is 7.43. The summed E-state index contributed by atoms with van der Waals surface area (Å²) in [4.78, 5) is -0.137. The maximum atomic E-state index is 11.0. The van der Waals surface area contributed by atoms with Crippen LogP contribution >= 0.6 is 11.6 Å². The molecule has 0 N–H and O–H groups in total. The van der Waals surface area contributed by atoms with E-state index < -0.39 is 10.0 Å². The van der Waals surface area contributed by atoms with Gasteiger partial charge in [0.05, 0.1) is 5.02 Å². The number of sulfonamides is 1. The summed E-state index contributed by atoms with van der Waals surface area (Å²) in [6.45, 7) is 6.42. The van der Waals surface area contributed by atoms with E-state index in [4.69, 9.17) is 18.2 Å². The second kappa shape index (κ2) is 3.13. The van der Waals surface area contributed by atoms with Crippen LogP contribution in [0.15, 0.2) is 29.2 Å². The van der Waals surface area contributed by atoms with Crippen LogP contribution in [0.2, 0.25) is 5.02 Å². The predicted molar refractivity (Wildman–Crippen MR) is 45.2 cm³/mol. The number of rotatable bonds is 1. The Hall–Kier alpha value is -1.05. The zero-order chi connectivity index (χ0) is 9.19. The number of nitrogens with zero attached hydrogens (tertiary/aromatic N) is 1. The molecule has 0 spiro atoms. The molecule has 0 saturated carbocycles. The van der Waals surface area contributed by atoms with Gasteiger partial charge in [0.2, 0.25) is 0 Å². The van der Waals surface area contributed by atoms with E-state index in [1.54, 1.807) is 6.07 Å². The van der Waals surface area contributed by atoms with E-state index in [1.807, 2.05) is 0 Å². The summed E-state index contributed by atoms with van der Waals surface area (Å²) in [7, 11) is -3.87. The monoisotopic (exact) mass is 201 g/mol. The minimum Gasteiger partial charge on any atom is -0.206 e. The molecule has 0 saturated heterocycles. The zero-order valence-electron chi connectivity index (χ0n) is 5.86. The van der Waals surface area contributed by atoms with Gasteiger partial charge in [-0.3, -0.25) is 0 Å². The highest BCUT2D eigenvalue weighted by Crippen LogP contribution is 2.21. The van der Waals surface area contributed by atoms with Crippen molar-refractivity contribution < 1.29 is 8.42 Å². The van der Waals surface area contributed by atoms with Gasteiger partial charge in [0.25, 0.3) is 0 Å². The molecular weight excluding hydrogens is 198 g/mol. The Bertz CT molecular complexity index is 433. The lowest BCUT2D eigenvalue weighted by atomic mass is 10.4. The Balaban J connectivity index is 3.43. The minimum absolute atomic E-state index is 0.0773. The smallest absolute Gasteiger partial charge is 0.206 e. The molecule has 12 heavy (non-hydrogen) atoms. The van der Waals surface area contributed by atoms with Crippen LogP contribution in [0, 0.1) is 6.57 Å². The summed E-state index contributed by atoms with van der Waals surface area (Å²) in [5.41, 5.74) is 0. The Morgan fingerprint density at radius 3 is 2.42 bits per heavy atom. The van der Waals surface area contributed by atoms with E-state index in [1.165, 1.54) is 18.2 Å². The van der Waals surface area contributed by atoms with E-state index >= 15 is 0 Å². The highest BCUT2D eigenvalue weighted by atomic mass is 35.5. The summed E-state index contributed by atoms with van der Waals surface area (Å²) < 4.78 is 24.5. The van der Waals surface area contributed by atoms with Crippen LogP contribution in [0.1, 0.15) is 0 Å². The Kier molecular flexibility index (Phi) is 2.36. The third-order valence-electron chi connectivity index (χ3n) is 1.23. The second-order valence-corrected chi connectivity index (χ2v) is 3.98. The van der Waals surface area contributed by atoms with Gasteiger partial charge in [0.15, 0.2) is 4.90 Å². The van der Waals surface area contributed by atoms with Crippen LogP contribution < -0.4 is 0 Å². The fraction of sp³-hybridized carbons (Fsp3) is 0. The van der Waals surface area contributed by atoms with Crippen molar-refractivity contribution in [3.05, 3.63) is 40.1 Å². The molecule has 5 heteroatoms. The number of hydrogen-bond donors (Lipinski definition) is 0. The first kappa shape index (κ1) is 9.04. The fourth-order valence-corrected chi connectivity index (χ4v) is 1.79. The maximum absolute atomic E-state index is 11.0. The van der Waals surface area contributed by atoms with Gasteiger partial charge in [-0.15, -0.1) is 8.42 Å². The highest BCUT2D eigenvalue weighted by Gasteiger charge is 2.21. The summed E-state index contributed by atoms with van der Waals surface area (Å²) in [6, 6.07) is 5.85. The molecule has 0 aliphatic rings. The quantitative estimate of drug-likeness (QED) is 0.652. The molecule has 0 radical (unpaired) electrons. The van der Waals surface area contributed by atoms with Gasteiger partial charge >= 0.3 is 10.0 Å². The first-order chi connectivity index (χ1) is 5.58. The summed E-state index contributed by atoms with van der Waals surface area (Å²) in [5, 5.41) is 0.0773. The van der Waals surface area contributed by atoms with E-state index in [0.717, 1.165) is 0 Å². The molecule has 0 amide bonds. The van der Waals surface area contributed by atoms with Gasteiger partial charge in [-0.2, -0.15) is 4.25 Å². The fourth-order valence-electron chi connectivity index (χ4n) is 0.703. The molecule has 0 atom stereocenters. The maximum Gasteiger partial charge on any atom is 0.470 e. The molecular formula is C7H4ClNO2S. The van der Waals surface area contributed by atoms with Crippen molar-refractivity contribution in [3.63, 3.8) is 0 Å². The van der Waals surface area contributed by atoms with E-state index in [9.17, 15) is 8.42 Å². The lowest BCUT2D eigenvalue weighted by Gasteiger charge is -1.93. The van der Waals surface area contributed by atoms with Crippen molar-refractivity contribution in [1.29, 1.82) is 0 Å². The predicted octanol–water partition coefficient (Wildman–Crippen LogP) is 1.95. The van der Waals surface area contributed by atoms with Gasteiger partial charge in [0, 0.05) is 0 Å². The van der Waals surface area contributed by atoms with Gasteiger partial charge in [-0.1, -0.05) is 23.7 Å². The van der Waals surface area contributed by atoms with Crippen LogP contribution in [-0.4, -0.2) is 8.42 Å². The molecule has 1 aromatic rings. The van der Waals surface area contributed by atoms with Crippen molar-refractivity contribution in [2.45, 2.75) is 4.90 Å². The van der Waals surface area contributed by atoms with Crippen molar-refractivity contribution >= 4 is 21.6 Å². The van der Waals surface area contributed by atoms with Crippen LogP contribution in [0.25, 0.3) is 4.25 Å². The molecule has 0 unspecified atom stereocenters. The minimum atomic E-state index is -3.87. The SMILES string of the molecule is [C-]#[N+]S(=O)(=O)c1ccccc1Cl. The van der Waals surface area contributed by atoms with E-state index in [-0.39, 0.29) is 9.92 Å². The number of benzene rings is 1. The van der Waals surface area contributed by atoms with Crippen molar-refractivity contribution in [1.82, 2.24) is 0 Å². The molecule has 0 fully saturated rings. The lowest BCUT2D eigenvalue weighted by Crippen LogP contribution is -1.93. The topological polar surface area (TPSA) is 38.5 Å². The average molecular weight is 202 g/mol. The Morgan fingerprint density at radius 1 is 1.33 bits per heavy atom. The number of halogens is 1. The van der Waals surface area contributed by atoms with E-state index in [0.29, 0.717) is 0 Å². The average Bonchev–Trinajstić information content (AvgIpc) is 2.05. The lowest BCUT2D eigenvalue weighted by molar-refractivity contribution is 0.604. The molecule has 0 aliphatic heterocycles. The molecule has 1 rings (SSSR count). The molecule has 3 nitrogen and oxygen atoms in total. The molecule has 0 aromatic heterocycles. The standard InChI is InChI=1S/C7H4ClNO2S/c1-9-12(10,11)7-5-3-2-4-6(7)8/h2-5H. The van der Waals surface area contributed by atoms with Gasteiger partial charge in [0.1, 0.15) is 0 Å². The summed E-state index contributed by atoms with van der Waals surface area (Å²) in [6.07, 6.45) is 0. The van der Waals surface area contributed by atoms with Gasteiger partial charge in [-0.05, 0) is 12.1 Å². The summed E-state index contributed by atoms with van der Waals surface area (Å²) in [5.74, 6) is 0. The normalized spacial score (nSPS) is 10.7. The highest BCUT2D eigenvalue weighted by molar-refractivity contribution is 7.93. The first-order valence-electron chi connectivity index (χ1n) is 2.96. The Morgan fingerprint density at radius 2 is 1.92 bits per heavy atom. The van der Waals surface area contributed by atoms with Gasteiger partial charge in [-0.25, -0.2) is 6.57 Å². The molecule has 1 aromatic carbocycles. The van der Waals surface area contributed by atoms with Crippen LogP contribution in [0.4, 0.5) is 0 Å². The Labute approximate surface area is 75.5 Å². The number of hydrogen-bond acceptors (Lipinski definition) is 2. The molecule has 0 heterocycles. The van der Waals surface area contributed by atoms with E-state index in [2.05, 4.69) is 4.25 Å². The van der Waals surface area contributed by atoms with Crippen molar-refractivity contribution in [3.8, 4) is 0 Å². The third-order valence-corrected chi connectivity index (χ3v) is 2.83. The molecule has 0 aliphatic carbocycles. The summed E-state index contributed by atoms with van der Waals surface area (Å²) >= 11 is 5.57. The van der Waals surface area contributed by atoms with Crippen LogP contribution in [-0.2, 0) is 10.0 Å². The van der Waals surface area contributed by atoms with Crippen molar-refractivity contribution in [2.75, 3.05) is 0 Å². The van der Waals surface area contributed by atoms with Crippen LogP contribution in [0.3, 0.4) is 0 Å². The van der Waals surface area contributed by atoms with Crippen LogP contribution in [0.5, 0.6) is 0 Å². The van der Waals surface area contributed by atoms with Crippen molar-refractivity contribution in [2.24, 2.45) is 0 Å².